The fourth-order valence-electron chi connectivity index (χ4n) is 1.90. The third kappa shape index (κ3) is 11.1. The molecule has 0 unspecified atom stereocenters. The fraction of sp³-hybridized carbons (Fsp3) is 0.765. The van der Waals surface area contributed by atoms with Crippen LogP contribution in [0.1, 0.15) is 67.2 Å². The fourth-order valence-corrected chi connectivity index (χ4v) is 1.90. The van der Waals surface area contributed by atoms with Gasteiger partial charge in [-0.2, -0.15) is 13.2 Å². The normalized spacial score (nSPS) is 13.6. The first-order chi connectivity index (χ1) is 10.6. The second kappa shape index (κ2) is 8.53. The minimum Gasteiger partial charge on any atom is -0.460 e. The van der Waals surface area contributed by atoms with Crippen LogP contribution in [0.25, 0.3) is 0 Å². The number of allylic oxidation sites excluding steroid dienone is 1. The number of alkyl halides is 3. The van der Waals surface area contributed by atoms with Crippen molar-refractivity contribution in [3.63, 3.8) is 0 Å². The Balaban J connectivity index is 4.27. The maximum absolute atomic E-state index is 12.2. The van der Waals surface area contributed by atoms with Crippen LogP contribution in [-0.4, -0.2) is 29.3 Å². The molecule has 0 aromatic heterocycles. The van der Waals surface area contributed by atoms with Gasteiger partial charge in [0.1, 0.15) is 11.2 Å². The zero-order valence-corrected chi connectivity index (χ0v) is 15.2. The highest BCUT2D eigenvalue weighted by Gasteiger charge is 2.43. The van der Waals surface area contributed by atoms with E-state index in [9.17, 15) is 22.8 Å². The van der Waals surface area contributed by atoms with Gasteiger partial charge in [0, 0.05) is 0 Å². The van der Waals surface area contributed by atoms with E-state index in [1.165, 1.54) is 13.8 Å². The molecular weight excluding hydrogens is 325 g/mol. The van der Waals surface area contributed by atoms with Gasteiger partial charge in [0.15, 0.2) is 0 Å². The summed E-state index contributed by atoms with van der Waals surface area (Å²) in [6.45, 7) is 10.1. The molecule has 0 amide bonds. The second-order valence-electron chi connectivity index (χ2n) is 7.34. The molecule has 0 bridgehead atoms. The highest BCUT2D eigenvalue weighted by atomic mass is 19.4. The molecule has 140 valence electrons. The zero-order chi connectivity index (χ0) is 19.2. The van der Waals surface area contributed by atoms with Crippen molar-refractivity contribution in [1.29, 1.82) is 0 Å². The van der Waals surface area contributed by atoms with Crippen LogP contribution in [0.3, 0.4) is 0 Å². The SMILES string of the molecule is C/C(=C/CC(=O)OC(C)(C)C)CCCC(C)(C)OC(=O)C(F)(F)F. The molecule has 0 radical (unpaired) electrons. The number of carbonyl (C=O) groups excluding carboxylic acids is 2. The number of rotatable bonds is 7. The lowest BCUT2D eigenvalue weighted by Gasteiger charge is -2.25. The summed E-state index contributed by atoms with van der Waals surface area (Å²) in [5.74, 6) is -2.51. The van der Waals surface area contributed by atoms with Crippen molar-refractivity contribution in [1.82, 2.24) is 0 Å². The first-order valence-electron chi connectivity index (χ1n) is 7.80. The molecule has 0 saturated carbocycles. The lowest BCUT2D eigenvalue weighted by atomic mass is 9.98. The summed E-state index contributed by atoms with van der Waals surface area (Å²) in [6, 6.07) is 0. The predicted molar refractivity (Wildman–Crippen MR) is 84.3 cm³/mol. The number of hydrogen-bond acceptors (Lipinski definition) is 4. The minimum absolute atomic E-state index is 0.148. The molecule has 0 fully saturated rings. The molecule has 0 aromatic rings. The summed E-state index contributed by atoms with van der Waals surface area (Å²) < 4.78 is 46.2. The summed E-state index contributed by atoms with van der Waals surface area (Å²) in [7, 11) is 0. The van der Waals surface area contributed by atoms with Gasteiger partial charge in [-0.1, -0.05) is 11.6 Å². The standard InChI is InChI=1S/C17H27F3O4/c1-12(9-10-13(21)23-15(2,3)4)8-7-11-16(5,6)24-14(22)17(18,19)20/h9H,7-8,10-11H2,1-6H3/b12-9-. The Bertz CT molecular complexity index is 471. The van der Waals surface area contributed by atoms with E-state index in [4.69, 9.17) is 4.74 Å². The van der Waals surface area contributed by atoms with E-state index in [0.717, 1.165) is 5.57 Å². The highest BCUT2D eigenvalue weighted by Crippen LogP contribution is 2.25. The Kier molecular flexibility index (Phi) is 7.99. The molecule has 4 nitrogen and oxygen atoms in total. The number of hydrogen-bond donors (Lipinski definition) is 0. The summed E-state index contributed by atoms with van der Waals surface area (Å²) in [5.41, 5.74) is -0.803. The van der Waals surface area contributed by atoms with Crippen molar-refractivity contribution in [2.45, 2.75) is 84.6 Å². The Labute approximate surface area is 141 Å². The van der Waals surface area contributed by atoms with Gasteiger partial charge in [-0.3, -0.25) is 4.79 Å². The van der Waals surface area contributed by atoms with E-state index < -0.39 is 23.3 Å². The largest absolute Gasteiger partial charge is 0.490 e. The van der Waals surface area contributed by atoms with E-state index in [1.807, 2.05) is 6.92 Å². The molecule has 0 aliphatic rings. The van der Waals surface area contributed by atoms with Gasteiger partial charge < -0.3 is 9.47 Å². The molecule has 0 aliphatic carbocycles. The summed E-state index contributed by atoms with van der Waals surface area (Å²) >= 11 is 0. The van der Waals surface area contributed by atoms with E-state index in [-0.39, 0.29) is 18.8 Å². The van der Waals surface area contributed by atoms with Crippen molar-refractivity contribution in [3.05, 3.63) is 11.6 Å². The minimum atomic E-state index is -4.99. The molecule has 0 heterocycles. The van der Waals surface area contributed by atoms with E-state index in [1.54, 1.807) is 26.8 Å². The van der Waals surface area contributed by atoms with Crippen LogP contribution < -0.4 is 0 Å². The van der Waals surface area contributed by atoms with Crippen molar-refractivity contribution >= 4 is 11.9 Å². The average Bonchev–Trinajstić information content (AvgIpc) is 2.32. The van der Waals surface area contributed by atoms with E-state index in [2.05, 4.69) is 4.74 Å². The van der Waals surface area contributed by atoms with Crippen molar-refractivity contribution in [3.8, 4) is 0 Å². The molecule has 24 heavy (non-hydrogen) atoms. The van der Waals surface area contributed by atoms with Crippen molar-refractivity contribution in [2.75, 3.05) is 0 Å². The molecule has 0 rings (SSSR count). The summed E-state index contributed by atoms with van der Waals surface area (Å²) in [6.07, 6.45) is -1.68. The average molecular weight is 352 g/mol. The molecular formula is C17H27F3O4. The Morgan fingerprint density at radius 3 is 2.00 bits per heavy atom. The molecule has 0 saturated heterocycles. The van der Waals surface area contributed by atoms with Crippen molar-refractivity contribution < 1.29 is 32.2 Å². The van der Waals surface area contributed by atoms with Crippen LogP contribution in [-0.2, 0) is 19.1 Å². The van der Waals surface area contributed by atoms with Gasteiger partial charge in [0.25, 0.3) is 0 Å². The molecule has 0 aromatic carbocycles. The Hall–Kier alpha value is -1.53. The predicted octanol–water partition coefficient (Wildman–Crippen LogP) is 4.72. The maximum Gasteiger partial charge on any atom is 0.490 e. The van der Waals surface area contributed by atoms with Crippen LogP contribution in [0.5, 0.6) is 0 Å². The summed E-state index contributed by atoms with van der Waals surface area (Å²) in [4.78, 5) is 22.4. The molecule has 0 N–H and O–H groups in total. The molecule has 0 spiro atoms. The first-order valence-corrected chi connectivity index (χ1v) is 7.80. The maximum atomic E-state index is 12.2. The lowest BCUT2D eigenvalue weighted by molar-refractivity contribution is -0.212. The van der Waals surface area contributed by atoms with Gasteiger partial charge >= 0.3 is 18.1 Å². The molecule has 7 heteroatoms. The second-order valence-corrected chi connectivity index (χ2v) is 7.34. The third-order valence-corrected chi connectivity index (χ3v) is 2.99. The zero-order valence-electron chi connectivity index (χ0n) is 15.2. The van der Waals surface area contributed by atoms with Gasteiger partial charge in [-0.25, -0.2) is 4.79 Å². The van der Waals surface area contributed by atoms with Gasteiger partial charge in [-0.05, 0) is 60.8 Å². The number of esters is 2. The Morgan fingerprint density at radius 1 is 1.00 bits per heavy atom. The van der Waals surface area contributed by atoms with Crippen molar-refractivity contribution in [2.24, 2.45) is 0 Å². The molecule has 0 atom stereocenters. The van der Waals surface area contributed by atoms with Crippen LogP contribution >= 0.6 is 0 Å². The van der Waals surface area contributed by atoms with Crippen LogP contribution in [0.4, 0.5) is 13.2 Å². The summed E-state index contributed by atoms with van der Waals surface area (Å²) in [5, 5.41) is 0. The van der Waals surface area contributed by atoms with Gasteiger partial charge in [0.05, 0.1) is 6.42 Å². The smallest absolute Gasteiger partial charge is 0.460 e. The third-order valence-electron chi connectivity index (χ3n) is 2.99. The van der Waals surface area contributed by atoms with E-state index >= 15 is 0 Å². The van der Waals surface area contributed by atoms with Gasteiger partial charge in [0.2, 0.25) is 0 Å². The van der Waals surface area contributed by atoms with Crippen LogP contribution in [0, 0.1) is 0 Å². The number of halogens is 3. The van der Waals surface area contributed by atoms with E-state index in [0.29, 0.717) is 12.8 Å². The van der Waals surface area contributed by atoms with Crippen LogP contribution in [0.2, 0.25) is 0 Å². The number of ether oxygens (including phenoxy) is 2. The van der Waals surface area contributed by atoms with Gasteiger partial charge in [-0.15, -0.1) is 0 Å². The number of carbonyl (C=O) groups is 2. The first kappa shape index (κ1) is 22.5. The van der Waals surface area contributed by atoms with Crippen LogP contribution in [0.15, 0.2) is 11.6 Å². The molecule has 0 aliphatic heterocycles. The highest BCUT2D eigenvalue weighted by molar-refractivity contribution is 5.76. The quantitative estimate of drug-likeness (QED) is 0.491. The Morgan fingerprint density at radius 2 is 1.54 bits per heavy atom. The monoisotopic (exact) mass is 352 g/mol. The topological polar surface area (TPSA) is 52.6 Å². The lowest BCUT2D eigenvalue weighted by Crippen LogP contribution is -2.35.